The van der Waals surface area contributed by atoms with Crippen molar-refractivity contribution in [2.24, 2.45) is 21.8 Å². The molecule has 14 rings (SSSR count). The first kappa shape index (κ1) is 36.9. The molecule has 0 spiro atoms. The second-order valence-corrected chi connectivity index (χ2v) is 17.8. The van der Waals surface area contributed by atoms with Crippen molar-refractivity contribution in [1.82, 2.24) is 14.5 Å². The molecule has 4 heterocycles. The Hall–Kier alpha value is -8.48. The van der Waals surface area contributed by atoms with Gasteiger partial charge in [0.05, 0.1) is 33.1 Å². The first-order chi connectivity index (χ1) is 32.6. The predicted octanol–water partition coefficient (Wildman–Crippen LogP) is 14.9. The number of aliphatic imine (C=N–C) groups is 2. The number of aromatic nitrogens is 2. The topological polar surface area (TPSA) is 59.8 Å². The molecule has 3 atom stereocenters. The Labute approximate surface area is 379 Å². The van der Waals surface area contributed by atoms with Gasteiger partial charge in [-0.15, -0.1) is 0 Å². The minimum absolute atomic E-state index is 0.0222. The molecule has 1 aliphatic carbocycles. The van der Waals surface area contributed by atoms with Crippen molar-refractivity contribution in [2.75, 3.05) is 0 Å². The van der Waals surface area contributed by atoms with Crippen LogP contribution in [0, 0.1) is 11.8 Å². The smallest absolute Gasteiger partial charge is 0.204 e. The maximum Gasteiger partial charge on any atom is 0.204 e. The van der Waals surface area contributed by atoms with Crippen LogP contribution >= 0.6 is 0 Å². The van der Waals surface area contributed by atoms with E-state index < -0.39 is 6.29 Å². The molecule has 1 N–H and O–H groups in total. The van der Waals surface area contributed by atoms with Crippen molar-refractivity contribution < 1.29 is 4.42 Å². The molecule has 66 heavy (non-hydrogen) atoms. The molecule has 0 amide bonds. The number of allylic oxidation sites excluding steroid dienone is 3. The fourth-order valence-corrected chi connectivity index (χ4v) is 10.9. The van der Waals surface area contributed by atoms with Crippen molar-refractivity contribution in [3.05, 3.63) is 217 Å². The number of para-hydroxylation sites is 3. The zero-order valence-electron chi connectivity index (χ0n) is 36.1. The number of fused-ring (bicyclic) bond motifs is 11. The molecule has 0 bridgehead atoms. The third kappa shape index (κ3) is 5.61. The SMILES string of the molecule is CC1C=C(c2ccccc2)C=CC1C1=NC(c2cc(-n3c4ccccc4c4cc5ccccc5cc43)c3c(c2)oc2cc4ccccc4cc23)=NC(n2c3ccccc3c3ccccc32)N1. The molecule has 0 saturated carbocycles. The van der Waals surface area contributed by atoms with E-state index in [1.165, 1.54) is 48.8 Å². The third-order valence-corrected chi connectivity index (χ3v) is 14.0. The zero-order valence-corrected chi connectivity index (χ0v) is 36.1. The van der Waals surface area contributed by atoms with E-state index in [0.717, 1.165) is 66.5 Å². The molecule has 312 valence electrons. The van der Waals surface area contributed by atoms with Gasteiger partial charge in [0.15, 0.2) is 5.84 Å². The summed E-state index contributed by atoms with van der Waals surface area (Å²) < 4.78 is 11.8. The highest BCUT2D eigenvalue weighted by Gasteiger charge is 2.31. The van der Waals surface area contributed by atoms with Crippen LogP contribution in [0.25, 0.3) is 98.4 Å². The largest absolute Gasteiger partial charge is 0.456 e. The average molecular weight is 848 g/mol. The van der Waals surface area contributed by atoms with Crippen LogP contribution in [-0.2, 0) is 0 Å². The van der Waals surface area contributed by atoms with E-state index in [4.69, 9.17) is 14.4 Å². The lowest BCUT2D eigenvalue weighted by atomic mass is 9.84. The summed E-state index contributed by atoms with van der Waals surface area (Å²) in [6.45, 7) is 2.29. The standard InChI is InChI=1S/C60H41N5O/c1-36-29-42(37-15-3-2-4-16-37)27-28-44(36)59-61-58(62-60(63-59)65-51-25-13-9-21-45(51)46-22-10-14-26-52(46)65)43-33-54(57-49-31-39-18-6-8-20-41(39)34-55(49)66-56(57)35-43)64-50-24-12-11-23-47(50)48-30-38-17-5-7-19-40(38)32-53(48)64/h2-36,44,60H,1H3,(H,61,62,63). The fourth-order valence-electron chi connectivity index (χ4n) is 10.9. The number of hydrogen-bond donors (Lipinski definition) is 1. The Bertz CT molecular complexity index is 4070. The van der Waals surface area contributed by atoms with Crippen LogP contribution in [0.15, 0.2) is 221 Å². The van der Waals surface area contributed by atoms with Crippen molar-refractivity contribution in [2.45, 2.75) is 13.2 Å². The second-order valence-electron chi connectivity index (χ2n) is 17.8. The number of benzene rings is 9. The van der Waals surface area contributed by atoms with Crippen molar-refractivity contribution in [1.29, 1.82) is 0 Å². The lowest BCUT2D eigenvalue weighted by molar-refractivity contribution is 0.491. The first-order valence-electron chi connectivity index (χ1n) is 22.8. The van der Waals surface area contributed by atoms with Crippen LogP contribution in [-0.4, -0.2) is 20.8 Å². The summed E-state index contributed by atoms with van der Waals surface area (Å²) in [6.07, 6.45) is 6.45. The zero-order chi connectivity index (χ0) is 43.5. The van der Waals surface area contributed by atoms with Crippen LogP contribution < -0.4 is 5.32 Å². The van der Waals surface area contributed by atoms with Crippen LogP contribution in [0.1, 0.15) is 24.3 Å². The number of nitrogens with zero attached hydrogens (tertiary/aromatic N) is 4. The highest BCUT2D eigenvalue weighted by atomic mass is 16.3. The van der Waals surface area contributed by atoms with E-state index in [9.17, 15) is 0 Å². The average Bonchev–Trinajstić information content (AvgIpc) is 4.01. The fraction of sp³-hybridized carbons (Fsp3) is 0.0667. The van der Waals surface area contributed by atoms with Gasteiger partial charge in [0.1, 0.15) is 17.0 Å². The predicted molar refractivity (Wildman–Crippen MR) is 275 cm³/mol. The molecular formula is C60H41N5O. The van der Waals surface area contributed by atoms with Gasteiger partial charge in [-0.1, -0.05) is 159 Å². The van der Waals surface area contributed by atoms with E-state index in [1.807, 2.05) is 0 Å². The quantitative estimate of drug-likeness (QED) is 0.188. The number of furan rings is 1. The molecule has 2 aliphatic rings. The van der Waals surface area contributed by atoms with Gasteiger partial charge in [-0.25, -0.2) is 9.98 Å². The van der Waals surface area contributed by atoms with Gasteiger partial charge in [0.2, 0.25) is 6.29 Å². The molecule has 0 fully saturated rings. The monoisotopic (exact) mass is 847 g/mol. The number of amidine groups is 2. The maximum absolute atomic E-state index is 7.00. The Balaban J connectivity index is 1.04. The van der Waals surface area contributed by atoms with E-state index in [-0.39, 0.29) is 11.8 Å². The van der Waals surface area contributed by atoms with Crippen molar-refractivity contribution >= 4 is 104 Å². The highest BCUT2D eigenvalue weighted by molar-refractivity contribution is 6.20. The van der Waals surface area contributed by atoms with Gasteiger partial charge in [-0.2, -0.15) is 0 Å². The number of nitrogens with one attached hydrogen (secondary N) is 1. The molecule has 3 unspecified atom stereocenters. The molecule has 12 aromatic rings. The van der Waals surface area contributed by atoms with E-state index in [0.29, 0.717) is 5.84 Å². The Morgan fingerprint density at radius 1 is 0.515 bits per heavy atom. The summed E-state index contributed by atoms with van der Waals surface area (Å²) in [5.41, 5.74) is 10.4. The summed E-state index contributed by atoms with van der Waals surface area (Å²) in [6, 6.07) is 67.4. The summed E-state index contributed by atoms with van der Waals surface area (Å²) >= 11 is 0. The van der Waals surface area contributed by atoms with Gasteiger partial charge in [-0.3, -0.25) is 0 Å². The summed E-state index contributed by atoms with van der Waals surface area (Å²) in [5, 5.41) is 15.5. The van der Waals surface area contributed by atoms with Gasteiger partial charge < -0.3 is 18.9 Å². The van der Waals surface area contributed by atoms with Gasteiger partial charge in [0.25, 0.3) is 0 Å². The number of rotatable bonds is 5. The number of hydrogen-bond acceptors (Lipinski definition) is 4. The molecule has 3 aromatic heterocycles. The Morgan fingerprint density at radius 2 is 1.11 bits per heavy atom. The minimum atomic E-state index is -0.489. The Morgan fingerprint density at radius 3 is 1.80 bits per heavy atom. The van der Waals surface area contributed by atoms with Crippen LogP contribution in [0.4, 0.5) is 0 Å². The molecule has 6 nitrogen and oxygen atoms in total. The van der Waals surface area contributed by atoms with Crippen LogP contribution in [0.5, 0.6) is 0 Å². The lowest BCUT2D eigenvalue weighted by Crippen LogP contribution is -2.41. The van der Waals surface area contributed by atoms with E-state index >= 15 is 0 Å². The highest BCUT2D eigenvalue weighted by Crippen LogP contribution is 2.43. The van der Waals surface area contributed by atoms with Crippen molar-refractivity contribution in [3.8, 4) is 5.69 Å². The van der Waals surface area contributed by atoms with Crippen molar-refractivity contribution in [3.63, 3.8) is 0 Å². The van der Waals surface area contributed by atoms with Gasteiger partial charge >= 0.3 is 0 Å². The molecule has 0 radical (unpaired) electrons. The van der Waals surface area contributed by atoms with Gasteiger partial charge in [-0.05, 0) is 93.2 Å². The molecule has 0 saturated heterocycles. The summed E-state index contributed by atoms with van der Waals surface area (Å²) in [4.78, 5) is 11.2. The van der Waals surface area contributed by atoms with E-state index in [1.54, 1.807) is 0 Å². The lowest BCUT2D eigenvalue weighted by Gasteiger charge is -2.31. The Kier molecular flexibility index (Phi) is 7.98. The summed E-state index contributed by atoms with van der Waals surface area (Å²) in [5.74, 6) is 1.66. The third-order valence-electron chi connectivity index (χ3n) is 14.0. The normalized spacial score (nSPS) is 17.7. The summed E-state index contributed by atoms with van der Waals surface area (Å²) in [7, 11) is 0. The molecule has 1 aliphatic heterocycles. The first-order valence-corrected chi connectivity index (χ1v) is 22.8. The second kappa shape index (κ2) is 14.3. The minimum Gasteiger partial charge on any atom is -0.456 e. The molecular weight excluding hydrogens is 807 g/mol. The van der Waals surface area contributed by atoms with E-state index in [2.05, 4.69) is 228 Å². The molecule has 9 aromatic carbocycles. The van der Waals surface area contributed by atoms with Crippen LogP contribution in [0.3, 0.4) is 0 Å². The maximum atomic E-state index is 7.00. The molecule has 6 heteroatoms. The van der Waals surface area contributed by atoms with Crippen LogP contribution in [0.2, 0.25) is 0 Å². The van der Waals surface area contributed by atoms with Gasteiger partial charge in [0, 0.05) is 38.4 Å².